The Morgan fingerprint density at radius 3 is 3.00 bits per heavy atom. The topological polar surface area (TPSA) is 25.8 Å². The van der Waals surface area contributed by atoms with E-state index in [9.17, 15) is 0 Å². The van der Waals surface area contributed by atoms with Gasteiger partial charge in [0.15, 0.2) is 0 Å². The molecule has 0 saturated carbocycles. The first-order valence-electron chi connectivity index (χ1n) is 4.44. The van der Waals surface area contributed by atoms with Crippen molar-refractivity contribution in [1.29, 1.82) is 0 Å². The summed E-state index contributed by atoms with van der Waals surface area (Å²) in [6, 6.07) is 11.2. The van der Waals surface area contributed by atoms with Crippen LogP contribution >= 0.6 is 0 Å². The number of hydrogen-bond donors (Lipinski definition) is 0. The summed E-state index contributed by atoms with van der Waals surface area (Å²) in [5, 5.41) is 3.25. The molecule has 1 radical (unpaired) electrons. The van der Waals surface area contributed by atoms with Crippen LogP contribution in [-0.2, 0) is 0 Å². The van der Waals surface area contributed by atoms with Crippen molar-refractivity contribution in [1.82, 2.24) is 9.97 Å². The molecule has 0 amide bonds. The van der Waals surface area contributed by atoms with Crippen molar-refractivity contribution < 1.29 is 0 Å². The molecule has 3 aromatic rings. The molecule has 0 aliphatic carbocycles. The van der Waals surface area contributed by atoms with Crippen LogP contribution in [0.4, 0.5) is 0 Å². The van der Waals surface area contributed by atoms with Gasteiger partial charge in [-0.2, -0.15) is 0 Å². The Morgan fingerprint density at radius 1 is 1.07 bits per heavy atom. The molecule has 1 aromatic carbocycles. The third-order valence-corrected chi connectivity index (χ3v) is 2.30. The van der Waals surface area contributed by atoms with Crippen LogP contribution in [0.3, 0.4) is 0 Å². The highest BCUT2D eigenvalue weighted by Gasteiger charge is 1.99. The van der Waals surface area contributed by atoms with Gasteiger partial charge < -0.3 is 0 Å². The Kier molecular flexibility index (Phi) is 1.47. The van der Waals surface area contributed by atoms with Crippen LogP contribution in [-0.4, -0.2) is 9.97 Å². The van der Waals surface area contributed by atoms with Crippen molar-refractivity contribution in [2.24, 2.45) is 0 Å². The van der Waals surface area contributed by atoms with Crippen molar-refractivity contribution in [3.05, 3.63) is 48.9 Å². The van der Waals surface area contributed by atoms with Gasteiger partial charge in [0, 0.05) is 40.8 Å². The lowest BCUT2D eigenvalue weighted by atomic mass is 10.1. The first-order valence-corrected chi connectivity index (χ1v) is 4.44. The van der Waals surface area contributed by atoms with Gasteiger partial charge in [-0.25, -0.2) is 0 Å². The summed E-state index contributed by atoms with van der Waals surface area (Å²) >= 11 is 0. The summed E-state index contributed by atoms with van der Waals surface area (Å²) in [5.41, 5.74) is 1.00. The Labute approximate surface area is 81.2 Å². The van der Waals surface area contributed by atoms with E-state index in [1.165, 1.54) is 0 Å². The average molecular weight is 179 g/mol. The first-order chi connectivity index (χ1) is 6.95. The van der Waals surface area contributed by atoms with Gasteiger partial charge in [0.1, 0.15) is 0 Å². The van der Waals surface area contributed by atoms with Gasteiger partial charge in [-0.15, -0.1) is 0 Å². The number of benzene rings is 1. The van der Waals surface area contributed by atoms with E-state index in [-0.39, 0.29) is 0 Å². The minimum absolute atomic E-state index is 1.00. The van der Waals surface area contributed by atoms with Crippen LogP contribution in [0.2, 0.25) is 0 Å². The second-order valence-corrected chi connectivity index (χ2v) is 3.16. The van der Waals surface area contributed by atoms with Gasteiger partial charge in [-0.3, -0.25) is 9.97 Å². The summed E-state index contributed by atoms with van der Waals surface area (Å²) in [5.74, 6) is 0. The molecular weight excluding hydrogens is 172 g/mol. The lowest BCUT2D eigenvalue weighted by molar-refractivity contribution is 1.34. The SMILES string of the molecule is [c]1cncc2cnc3ccccc3c12. The van der Waals surface area contributed by atoms with Crippen LogP contribution in [0.1, 0.15) is 0 Å². The number of para-hydroxylation sites is 1. The van der Waals surface area contributed by atoms with E-state index in [2.05, 4.69) is 22.1 Å². The molecule has 0 fully saturated rings. The fourth-order valence-corrected chi connectivity index (χ4v) is 1.64. The Bertz CT molecular complexity index is 547. The maximum absolute atomic E-state index is 4.35. The van der Waals surface area contributed by atoms with E-state index in [0.717, 1.165) is 21.7 Å². The number of hydrogen-bond acceptors (Lipinski definition) is 2. The monoisotopic (exact) mass is 179 g/mol. The zero-order valence-electron chi connectivity index (χ0n) is 7.44. The van der Waals surface area contributed by atoms with Crippen LogP contribution in [0.5, 0.6) is 0 Å². The number of aromatic nitrogens is 2. The summed E-state index contributed by atoms with van der Waals surface area (Å²) in [6.45, 7) is 0. The summed E-state index contributed by atoms with van der Waals surface area (Å²) in [4.78, 5) is 8.37. The lowest BCUT2D eigenvalue weighted by Gasteiger charge is -2.00. The standard InChI is InChI=1S/C12H7N2/c1-2-4-12-11(3-1)10-5-6-13-7-9(10)8-14-12/h1-4,6-8H. The largest absolute Gasteiger partial charge is 0.263 e. The third-order valence-electron chi connectivity index (χ3n) is 2.30. The second-order valence-electron chi connectivity index (χ2n) is 3.16. The average Bonchev–Trinajstić information content (AvgIpc) is 2.29. The minimum Gasteiger partial charge on any atom is -0.263 e. The van der Waals surface area contributed by atoms with E-state index in [0.29, 0.717) is 0 Å². The lowest BCUT2D eigenvalue weighted by Crippen LogP contribution is -1.82. The minimum atomic E-state index is 1.00. The maximum atomic E-state index is 4.35. The summed E-state index contributed by atoms with van der Waals surface area (Å²) in [7, 11) is 0. The van der Waals surface area contributed by atoms with Crippen molar-refractivity contribution in [3.63, 3.8) is 0 Å². The van der Waals surface area contributed by atoms with Crippen LogP contribution in [0, 0.1) is 6.07 Å². The highest BCUT2D eigenvalue weighted by molar-refractivity contribution is 6.04. The molecule has 65 valence electrons. The molecule has 0 bridgehead atoms. The van der Waals surface area contributed by atoms with E-state index in [1.807, 2.05) is 30.6 Å². The predicted molar refractivity (Wildman–Crippen MR) is 55.9 cm³/mol. The van der Waals surface area contributed by atoms with Crippen LogP contribution < -0.4 is 0 Å². The van der Waals surface area contributed by atoms with Gasteiger partial charge in [0.2, 0.25) is 0 Å². The molecule has 2 nitrogen and oxygen atoms in total. The normalized spacial score (nSPS) is 10.9. The van der Waals surface area contributed by atoms with Gasteiger partial charge in [0.25, 0.3) is 0 Å². The van der Waals surface area contributed by atoms with Gasteiger partial charge in [-0.1, -0.05) is 18.2 Å². The number of pyridine rings is 2. The molecule has 3 rings (SSSR count). The highest BCUT2D eigenvalue weighted by Crippen LogP contribution is 2.21. The van der Waals surface area contributed by atoms with Crippen LogP contribution in [0.25, 0.3) is 21.7 Å². The molecule has 0 atom stereocenters. The zero-order valence-corrected chi connectivity index (χ0v) is 7.44. The molecule has 0 spiro atoms. The molecule has 14 heavy (non-hydrogen) atoms. The van der Waals surface area contributed by atoms with Gasteiger partial charge in [-0.05, 0) is 6.07 Å². The van der Waals surface area contributed by atoms with E-state index >= 15 is 0 Å². The number of fused-ring (bicyclic) bond motifs is 3. The fraction of sp³-hybridized carbons (Fsp3) is 0. The highest BCUT2D eigenvalue weighted by atomic mass is 14.7. The van der Waals surface area contributed by atoms with Crippen LogP contribution in [0.15, 0.2) is 42.9 Å². The number of rotatable bonds is 0. The van der Waals surface area contributed by atoms with Gasteiger partial charge >= 0.3 is 0 Å². The molecule has 2 heteroatoms. The molecule has 0 unspecified atom stereocenters. The Hall–Kier alpha value is -1.96. The Morgan fingerprint density at radius 2 is 2.00 bits per heavy atom. The molecule has 0 N–H and O–H groups in total. The Balaban J connectivity index is 2.61. The van der Waals surface area contributed by atoms with E-state index in [1.54, 1.807) is 6.20 Å². The predicted octanol–water partition coefficient (Wildman–Crippen LogP) is 2.58. The smallest absolute Gasteiger partial charge is 0.0708 e. The number of nitrogens with zero attached hydrogens (tertiary/aromatic N) is 2. The van der Waals surface area contributed by atoms with Crippen molar-refractivity contribution in [2.45, 2.75) is 0 Å². The maximum Gasteiger partial charge on any atom is 0.0708 e. The molecule has 0 aliphatic rings. The molecule has 2 heterocycles. The summed E-state index contributed by atoms with van der Waals surface area (Å²) in [6.07, 6.45) is 5.33. The first kappa shape index (κ1) is 7.44. The van der Waals surface area contributed by atoms with Crippen molar-refractivity contribution in [3.8, 4) is 0 Å². The summed E-state index contributed by atoms with van der Waals surface area (Å²) < 4.78 is 0. The second kappa shape index (κ2) is 2.77. The zero-order chi connectivity index (χ0) is 9.38. The fourth-order valence-electron chi connectivity index (χ4n) is 1.64. The molecule has 2 aromatic heterocycles. The quantitative estimate of drug-likeness (QED) is 0.496. The molecule has 0 saturated heterocycles. The molecule has 0 aliphatic heterocycles. The van der Waals surface area contributed by atoms with Crippen molar-refractivity contribution in [2.75, 3.05) is 0 Å². The molecular formula is C12H7N2. The third kappa shape index (κ3) is 0.973. The van der Waals surface area contributed by atoms with Gasteiger partial charge in [0.05, 0.1) is 5.52 Å². The van der Waals surface area contributed by atoms with Crippen molar-refractivity contribution >= 4 is 21.7 Å². The van der Waals surface area contributed by atoms with E-state index < -0.39 is 0 Å². The van der Waals surface area contributed by atoms with E-state index in [4.69, 9.17) is 0 Å².